The zero-order chi connectivity index (χ0) is 20.9. The fourth-order valence-electron chi connectivity index (χ4n) is 4.34. The first-order valence-corrected chi connectivity index (χ1v) is 11.9. The summed E-state index contributed by atoms with van der Waals surface area (Å²) in [5, 5.41) is 0. The average molecular weight is 429 g/mol. The third kappa shape index (κ3) is 3.52. The molecule has 1 aromatic carbocycles. The van der Waals surface area contributed by atoms with Gasteiger partial charge in [0.15, 0.2) is 5.65 Å². The molecule has 8 heteroatoms. The molecular weight excluding hydrogens is 403 g/mol. The van der Waals surface area contributed by atoms with E-state index in [9.17, 15) is 12.8 Å². The second-order valence-corrected chi connectivity index (χ2v) is 10.4. The minimum Gasteiger partial charge on any atom is -0.312 e. The molecule has 5 rings (SSSR count). The van der Waals surface area contributed by atoms with Gasteiger partial charge >= 0.3 is 0 Å². The second-order valence-electron chi connectivity index (χ2n) is 8.48. The summed E-state index contributed by atoms with van der Waals surface area (Å²) in [6, 6.07) is 8.03. The van der Waals surface area contributed by atoms with Gasteiger partial charge in [0.1, 0.15) is 17.2 Å². The molecule has 1 unspecified atom stereocenters. The van der Waals surface area contributed by atoms with Crippen molar-refractivity contribution in [2.45, 2.75) is 50.0 Å². The number of hydrogen-bond donors (Lipinski definition) is 0. The Balaban J connectivity index is 1.41. The van der Waals surface area contributed by atoms with Crippen molar-refractivity contribution in [3.63, 3.8) is 0 Å². The SMILES string of the molecule is Cc1ccc(S(=O)(=O)N2CCCC(Cn3c(C4CC4)nc4cccnc43)C2)cc1F. The van der Waals surface area contributed by atoms with E-state index in [4.69, 9.17) is 4.98 Å². The summed E-state index contributed by atoms with van der Waals surface area (Å²) in [5.74, 6) is 1.23. The first-order chi connectivity index (χ1) is 14.4. The van der Waals surface area contributed by atoms with Gasteiger partial charge in [0.2, 0.25) is 10.0 Å². The fourth-order valence-corrected chi connectivity index (χ4v) is 5.91. The molecule has 2 aromatic heterocycles. The van der Waals surface area contributed by atoms with E-state index in [-0.39, 0.29) is 10.8 Å². The average Bonchev–Trinajstić information content (AvgIpc) is 3.53. The predicted octanol–water partition coefficient (Wildman–Crippen LogP) is 3.86. The van der Waals surface area contributed by atoms with Crippen LogP contribution in [0.5, 0.6) is 0 Å². The normalized spacial score (nSPS) is 20.7. The second kappa shape index (κ2) is 7.42. The standard InChI is InChI=1S/C22H25FN4O2S/c1-15-6-9-18(12-19(15)23)30(28,29)26-11-3-4-16(13-26)14-27-21(17-7-8-17)25-20-5-2-10-24-22(20)27/h2,5-6,9-10,12,16-17H,3-4,7-8,11,13-14H2,1H3. The third-order valence-electron chi connectivity index (χ3n) is 6.18. The van der Waals surface area contributed by atoms with E-state index in [1.165, 1.54) is 16.4 Å². The zero-order valence-corrected chi connectivity index (χ0v) is 17.8. The van der Waals surface area contributed by atoms with Gasteiger partial charge in [-0.25, -0.2) is 22.8 Å². The molecule has 30 heavy (non-hydrogen) atoms. The molecule has 3 heterocycles. The molecule has 1 saturated heterocycles. The molecule has 1 aliphatic heterocycles. The maximum atomic E-state index is 14.0. The number of fused-ring (bicyclic) bond motifs is 1. The predicted molar refractivity (Wildman–Crippen MR) is 112 cm³/mol. The molecule has 6 nitrogen and oxygen atoms in total. The highest BCUT2D eigenvalue weighted by Crippen LogP contribution is 2.41. The van der Waals surface area contributed by atoms with Crippen LogP contribution in [-0.2, 0) is 16.6 Å². The lowest BCUT2D eigenvalue weighted by Crippen LogP contribution is -2.41. The molecule has 0 radical (unpaired) electrons. The van der Waals surface area contributed by atoms with Gasteiger partial charge in [-0.15, -0.1) is 0 Å². The van der Waals surface area contributed by atoms with Crippen molar-refractivity contribution in [1.82, 2.24) is 18.8 Å². The first-order valence-electron chi connectivity index (χ1n) is 10.5. The van der Waals surface area contributed by atoms with Gasteiger partial charge < -0.3 is 4.57 Å². The molecule has 1 atom stereocenters. The molecule has 1 aliphatic carbocycles. The van der Waals surface area contributed by atoms with Crippen LogP contribution in [0.3, 0.4) is 0 Å². The van der Waals surface area contributed by atoms with E-state index in [0.29, 0.717) is 31.1 Å². The molecule has 1 saturated carbocycles. The quantitative estimate of drug-likeness (QED) is 0.619. The van der Waals surface area contributed by atoms with Crippen molar-refractivity contribution < 1.29 is 12.8 Å². The van der Waals surface area contributed by atoms with Crippen molar-refractivity contribution in [2.75, 3.05) is 13.1 Å². The molecule has 0 spiro atoms. The Morgan fingerprint density at radius 1 is 1.20 bits per heavy atom. The molecule has 158 valence electrons. The molecule has 0 bridgehead atoms. The number of rotatable bonds is 5. The minimum absolute atomic E-state index is 0.0275. The van der Waals surface area contributed by atoms with Crippen molar-refractivity contribution in [1.29, 1.82) is 0 Å². The molecular formula is C22H25FN4O2S. The molecule has 0 amide bonds. The summed E-state index contributed by atoms with van der Waals surface area (Å²) >= 11 is 0. The van der Waals surface area contributed by atoms with Crippen LogP contribution in [-0.4, -0.2) is 40.3 Å². The Morgan fingerprint density at radius 2 is 2.03 bits per heavy atom. The van der Waals surface area contributed by atoms with Crippen LogP contribution in [0.1, 0.15) is 43.0 Å². The van der Waals surface area contributed by atoms with Crippen LogP contribution in [0.15, 0.2) is 41.4 Å². The largest absolute Gasteiger partial charge is 0.312 e. The number of pyridine rings is 1. The van der Waals surface area contributed by atoms with Crippen molar-refractivity contribution in [2.24, 2.45) is 5.92 Å². The Hall–Kier alpha value is -2.32. The van der Waals surface area contributed by atoms with E-state index in [0.717, 1.165) is 48.7 Å². The third-order valence-corrected chi connectivity index (χ3v) is 8.04. The number of halogens is 1. The smallest absolute Gasteiger partial charge is 0.243 e. The highest BCUT2D eigenvalue weighted by atomic mass is 32.2. The molecule has 2 fully saturated rings. The van der Waals surface area contributed by atoms with Gasteiger partial charge in [0, 0.05) is 31.7 Å². The van der Waals surface area contributed by atoms with Gasteiger partial charge in [0.25, 0.3) is 0 Å². The lowest BCUT2D eigenvalue weighted by atomic mass is 9.99. The van der Waals surface area contributed by atoms with E-state index in [2.05, 4.69) is 9.55 Å². The van der Waals surface area contributed by atoms with Crippen LogP contribution < -0.4 is 0 Å². The van der Waals surface area contributed by atoms with E-state index < -0.39 is 15.8 Å². The van der Waals surface area contributed by atoms with Gasteiger partial charge in [-0.05, 0) is 68.4 Å². The molecule has 2 aliphatic rings. The maximum absolute atomic E-state index is 14.0. The number of aromatic nitrogens is 3. The Bertz CT molecular complexity index is 1200. The number of sulfonamides is 1. The van der Waals surface area contributed by atoms with Crippen molar-refractivity contribution >= 4 is 21.2 Å². The fraction of sp³-hybridized carbons (Fsp3) is 0.455. The molecule has 3 aromatic rings. The Labute approximate surface area is 175 Å². The topological polar surface area (TPSA) is 68.1 Å². The number of nitrogens with zero attached hydrogens (tertiary/aromatic N) is 4. The van der Waals surface area contributed by atoms with Gasteiger partial charge in [-0.1, -0.05) is 6.07 Å². The van der Waals surface area contributed by atoms with E-state index in [1.54, 1.807) is 13.1 Å². The number of benzene rings is 1. The van der Waals surface area contributed by atoms with Crippen LogP contribution in [0.25, 0.3) is 11.2 Å². The summed E-state index contributed by atoms with van der Waals surface area (Å²) in [6.45, 7) is 3.22. The van der Waals surface area contributed by atoms with Crippen LogP contribution in [0.4, 0.5) is 4.39 Å². The van der Waals surface area contributed by atoms with Gasteiger partial charge in [-0.2, -0.15) is 4.31 Å². The lowest BCUT2D eigenvalue weighted by Gasteiger charge is -2.32. The van der Waals surface area contributed by atoms with Crippen molar-refractivity contribution in [3.05, 3.63) is 53.7 Å². The Morgan fingerprint density at radius 3 is 2.80 bits per heavy atom. The number of hydrogen-bond acceptors (Lipinski definition) is 4. The highest BCUT2D eigenvalue weighted by Gasteiger charge is 2.34. The molecule has 0 N–H and O–H groups in total. The van der Waals surface area contributed by atoms with Crippen LogP contribution >= 0.6 is 0 Å². The summed E-state index contributed by atoms with van der Waals surface area (Å²) in [7, 11) is -3.72. The van der Waals surface area contributed by atoms with Crippen molar-refractivity contribution in [3.8, 4) is 0 Å². The van der Waals surface area contributed by atoms with Crippen LogP contribution in [0.2, 0.25) is 0 Å². The zero-order valence-electron chi connectivity index (χ0n) is 17.0. The summed E-state index contributed by atoms with van der Waals surface area (Å²) in [6.07, 6.45) is 5.81. The highest BCUT2D eigenvalue weighted by molar-refractivity contribution is 7.89. The summed E-state index contributed by atoms with van der Waals surface area (Å²) in [5.41, 5.74) is 2.22. The Kier molecular flexibility index (Phi) is 4.86. The summed E-state index contributed by atoms with van der Waals surface area (Å²) < 4.78 is 43.9. The van der Waals surface area contributed by atoms with Crippen LogP contribution in [0, 0.1) is 18.7 Å². The van der Waals surface area contributed by atoms with Gasteiger partial charge in [0.05, 0.1) is 4.90 Å². The number of imidazole rings is 1. The van der Waals surface area contributed by atoms with E-state index >= 15 is 0 Å². The van der Waals surface area contributed by atoms with E-state index in [1.807, 2.05) is 12.1 Å². The first kappa shape index (κ1) is 19.6. The minimum atomic E-state index is -3.72. The lowest BCUT2D eigenvalue weighted by molar-refractivity contribution is 0.245. The maximum Gasteiger partial charge on any atom is 0.243 e. The monoisotopic (exact) mass is 428 g/mol. The number of aryl methyl sites for hydroxylation is 1. The van der Waals surface area contributed by atoms with Gasteiger partial charge in [-0.3, -0.25) is 0 Å². The number of piperidine rings is 1. The summed E-state index contributed by atoms with van der Waals surface area (Å²) in [4.78, 5) is 9.37.